The van der Waals surface area contributed by atoms with Crippen LogP contribution < -0.4 is 0 Å². The van der Waals surface area contributed by atoms with Gasteiger partial charge in [-0.25, -0.2) is 9.98 Å². The Labute approximate surface area is 374 Å². The lowest BCUT2D eigenvalue weighted by molar-refractivity contribution is 0.627. The first-order valence-electron chi connectivity index (χ1n) is 22.5. The second kappa shape index (κ2) is 14.3. The molecule has 0 saturated carbocycles. The van der Waals surface area contributed by atoms with Crippen LogP contribution in [0.5, 0.6) is 0 Å². The van der Waals surface area contributed by atoms with E-state index in [9.17, 15) is 0 Å². The second-order valence-corrected chi connectivity index (χ2v) is 18.5. The minimum absolute atomic E-state index is 0.0367. The predicted molar refractivity (Wildman–Crippen MR) is 265 cm³/mol. The van der Waals surface area contributed by atoms with Crippen LogP contribution in [0.25, 0.3) is 66.6 Å². The van der Waals surface area contributed by atoms with E-state index in [4.69, 9.17) is 20.0 Å². The van der Waals surface area contributed by atoms with Crippen LogP contribution in [-0.4, -0.2) is 26.1 Å². The molecule has 2 aliphatic heterocycles. The van der Waals surface area contributed by atoms with Gasteiger partial charge in [-0.2, -0.15) is 0 Å². The number of hydrogen-bond donors (Lipinski definition) is 0. The maximum atomic E-state index is 5.70. The Morgan fingerprint density at radius 2 is 1.16 bits per heavy atom. The molecule has 5 nitrogen and oxygen atoms in total. The van der Waals surface area contributed by atoms with Crippen molar-refractivity contribution in [2.45, 2.75) is 51.9 Å². The van der Waals surface area contributed by atoms with Gasteiger partial charge >= 0.3 is 0 Å². The lowest BCUT2D eigenvalue weighted by Crippen LogP contribution is -2.28. The smallest absolute Gasteiger partial charge is 0.161 e. The van der Waals surface area contributed by atoms with Crippen molar-refractivity contribution in [1.29, 1.82) is 0 Å². The van der Waals surface area contributed by atoms with E-state index in [0.717, 1.165) is 62.3 Å². The molecular formula is C59H47N5. The number of nitrogens with zero attached hydrogens (tertiary/aromatic N) is 5. The van der Waals surface area contributed by atoms with Gasteiger partial charge < -0.3 is 4.57 Å². The minimum Gasteiger partial charge on any atom is -0.309 e. The van der Waals surface area contributed by atoms with Crippen molar-refractivity contribution < 1.29 is 0 Å². The molecule has 1 aliphatic carbocycles. The lowest BCUT2D eigenvalue weighted by atomic mass is 9.70. The zero-order valence-electron chi connectivity index (χ0n) is 36.8. The summed E-state index contributed by atoms with van der Waals surface area (Å²) in [6, 6.07) is 52.7. The molecule has 308 valence electrons. The van der Waals surface area contributed by atoms with Gasteiger partial charge in [-0.15, -0.1) is 0 Å². The van der Waals surface area contributed by atoms with Crippen molar-refractivity contribution in [3.05, 3.63) is 215 Å². The fourth-order valence-electron chi connectivity index (χ4n) is 11.1. The zero-order chi connectivity index (χ0) is 43.3. The third-order valence-corrected chi connectivity index (χ3v) is 14.2. The molecule has 0 saturated heterocycles. The molecule has 0 radical (unpaired) electrons. The number of allylic oxidation sites excluding steroid dienone is 1. The van der Waals surface area contributed by atoms with E-state index in [2.05, 4.69) is 179 Å². The van der Waals surface area contributed by atoms with E-state index in [0.29, 0.717) is 5.84 Å². The quantitative estimate of drug-likeness (QED) is 0.161. The van der Waals surface area contributed by atoms with E-state index in [1.807, 2.05) is 36.9 Å². The molecule has 1 unspecified atom stereocenters. The molecule has 0 bridgehead atoms. The Morgan fingerprint density at radius 3 is 1.81 bits per heavy atom. The molecule has 0 fully saturated rings. The van der Waals surface area contributed by atoms with Crippen molar-refractivity contribution in [1.82, 2.24) is 14.5 Å². The third-order valence-electron chi connectivity index (χ3n) is 14.2. The number of pyridine rings is 2. The number of para-hydroxylation sites is 1. The van der Waals surface area contributed by atoms with Gasteiger partial charge in [0.1, 0.15) is 0 Å². The summed E-state index contributed by atoms with van der Waals surface area (Å²) >= 11 is 0. The monoisotopic (exact) mass is 825 g/mol. The molecule has 12 rings (SSSR count). The van der Waals surface area contributed by atoms with Crippen molar-refractivity contribution in [2.75, 3.05) is 0 Å². The van der Waals surface area contributed by atoms with Crippen LogP contribution in [0, 0.1) is 5.92 Å². The van der Waals surface area contributed by atoms with Gasteiger partial charge in [-0.1, -0.05) is 138 Å². The number of fused-ring (bicyclic) bond motifs is 3. The molecular weight excluding hydrogens is 779 g/mol. The first-order valence-corrected chi connectivity index (χ1v) is 22.5. The molecule has 0 spiro atoms. The standard InChI is InChI=1S/C59H47N5/c1-6-36-32-48(37-18-9-7-10-19-37)62-57(63-55(36)38-20-11-8-12-21-38)51-42(39-22-16-28-60-34-39)30-41(31-43(51)40-23-17-29-61-35-40)44-33-47-53-52-46(58(47,2)3)25-15-27-50(52)64-49-26-14-13-24-45(49)59(4,5)54(44)56(53)64/h7-36H,6H2,1-5H3. The molecule has 6 aromatic carbocycles. The summed E-state index contributed by atoms with van der Waals surface area (Å²) in [5, 5.41) is 2.76. The van der Waals surface area contributed by atoms with Crippen molar-refractivity contribution in [3.63, 3.8) is 0 Å². The van der Waals surface area contributed by atoms with Gasteiger partial charge in [0.2, 0.25) is 0 Å². The summed E-state index contributed by atoms with van der Waals surface area (Å²) < 4.78 is 2.56. The Balaban J connectivity index is 1.22. The molecule has 0 amide bonds. The van der Waals surface area contributed by atoms with Crippen LogP contribution in [0.15, 0.2) is 186 Å². The minimum atomic E-state index is -0.325. The van der Waals surface area contributed by atoms with Crippen LogP contribution in [-0.2, 0) is 10.8 Å². The van der Waals surface area contributed by atoms with Crippen molar-refractivity contribution in [2.24, 2.45) is 15.9 Å². The van der Waals surface area contributed by atoms with Crippen LogP contribution >= 0.6 is 0 Å². The molecule has 0 N–H and O–H groups in total. The van der Waals surface area contributed by atoms with Crippen molar-refractivity contribution in [3.8, 4) is 39.1 Å². The van der Waals surface area contributed by atoms with Crippen molar-refractivity contribution >= 4 is 39.1 Å². The normalized spacial score (nSPS) is 16.6. The molecule has 3 aliphatic rings. The predicted octanol–water partition coefficient (Wildman–Crippen LogP) is 14.2. The second-order valence-electron chi connectivity index (χ2n) is 18.5. The number of aromatic nitrogens is 3. The summed E-state index contributed by atoms with van der Waals surface area (Å²) in [5.41, 5.74) is 20.1. The molecule has 5 heterocycles. The number of hydrogen-bond acceptors (Lipinski definition) is 4. The Bertz CT molecular complexity index is 3390. The maximum absolute atomic E-state index is 5.70. The lowest BCUT2D eigenvalue weighted by Gasteiger charge is -2.38. The molecule has 3 aromatic heterocycles. The highest BCUT2D eigenvalue weighted by atomic mass is 15.0. The number of rotatable bonds is 7. The maximum Gasteiger partial charge on any atom is 0.161 e. The van der Waals surface area contributed by atoms with Gasteiger partial charge in [-0.3, -0.25) is 9.97 Å². The summed E-state index contributed by atoms with van der Waals surface area (Å²) in [4.78, 5) is 20.8. The first-order chi connectivity index (χ1) is 31.2. The highest BCUT2D eigenvalue weighted by Crippen LogP contribution is 2.58. The van der Waals surface area contributed by atoms with E-state index in [-0.39, 0.29) is 16.7 Å². The molecule has 64 heavy (non-hydrogen) atoms. The number of amidine groups is 1. The van der Waals surface area contributed by atoms with E-state index < -0.39 is 0 Å². The Hall–Kier alpha value is -7.50. The van der Waals surface area contributed by atoms with Crippen LogP contribution in [0.1, 0.15) is 80.0 Å². The van der Waals surface area contributed by atoms with Gasteiger partial charge in [-0.05, 0) is 111 Å². The van der Waals surface area contributed by atoms with Gasteiger partial charge in [0.05, 0.1) is 28.1 Å². The fourth-order valence-corrected chi connectivity index (χ4v) is 11.1. The topological polar surface area (TPSA) is 55.4 Å². The average Bonchev–Trinajstić information content (AvgIpc) is 3.71. The van der Waals surface area contributed by atoms with Crippen LogP contribution in [0.4, 0.5) is 0 Å². The van der Waals surface area contributed by atoms with Crippen LogP contribution in [0.2, 0.25) is 0 Å². The number of benzene rings is 6. The first kappa shape index (κ1) is 38.2. The zero-order valence-corrected chi connectivity index (χ0v) is 36.8. The van der Waals surface area contributed by atoms with Crippen LogP contribution in [0.3, 0.4) is 0 Å². The Morgan fingerprint density at radius 1 is 0.531 bits per heavy atom. The van der Waals surface area contributed by atoms with E-state index in [1.54, 1.807) is 0 Å². The summed E-state index contributed by atoms with van der Waals surface area (Å²) in [6.45, 7) is 11.9. The Kier molecular flexibility index (Phi) is 8.51. The SMILES string of the molecule is CCC1C=C(c2ccccc2)N=C(c2c(-c3cccnc3)cc(-c3cc4c5c6c(cccc6n6c5c3C(C)(C)c3ccccc3-6)C4(C)C)cc2-c2cccnc2)N=C1c1ccccc1. The molecule has 9 aromatic rings. The number of aliphatic imine (C=N–C) groups is 2. The van der Waals surface area contributed by atoms with Gasteiger partial charge in [0.15, 0.2) is 5.84 Å². The summed E-state index contributed by atoms with van der Waals surface area (Å²) in [5.74, 6) is 0.696. The van der Waals surface area contributed by atoms with E-state index in [1.165, 1.54) is 55.3 Å². The van der Waals surface area contributed by atoms with Gasteiger partial charge in [0, 0.05) is 69.0 Å². The average molecular weight is 826 g/mol. The highest BCUT2D eigenvalue weighted by Gasteiger charge is 2.44. The summed E-state index contributed by atoms with van der Waals surface area (Å²) in [7, 11) is 0. The van der Waals surface area contributed by atoms with Gasteiger partial charge in [0.25, 0.3) is 0 Å². The van der Waals surface area contributed by atoms with E-state index >= 15 is 0 Å². The summed E-state index contributed by atoms with van der Waals surface area (Å²) in [6.07, 6.45) is 10.8. The molecule has 5 heteroatoms. The molecule has 1 atom stereocenters. The fraction of sp³-hybridized carbons (Fsp3) is 0.153. The third kappa shape index (κ3) is 5.56. The largest absolute Gasteiger partial charge is 0.309 e. The highest BCUT2D eigenvalue weighted by molar-refractivity contribution is 6.22.